The average molecular weight is 294 g/mol. The fourth-order valence-electron chi connectivity index (χ4n) is 2.06. The molecule has 0 fully saturated rings. The number of fused-ring (bicyclic) bond motifs is 1. The van der Waals surface area contributed by atoms with E-state index < -0.39 is 0 Å². The molecule has 0 unspecified atom stereocenters. The Morgan fingerprint density at radius 2 is 1.81 bits per heavy atom. The van der Waals surface area contributed by atoms with Crippen molar-refractivity contribution in [3.05, 3.63) is 47.8 Å². The summed E-state index contributed by atoms with van der Waals surface area (Å²) in [7, 11) is 0. The van der Waals surface area contributed by atoms with Gasteiger partial charge in [-0.25, -0.2) is 9.97 Å². The molecule has 1 aromatic carbocycles. The van der Waals surface area contributed by atoms with Crippen LogP contribution in [0, 0.1) is 0 Å². The Labute approximate surface area is 124 Å². The minimum atomic E-state index is 0.324. The minimum Gasteiger partial charge on any atom is -0.417 e. The summed E-state index contributed by atoms with van der Waals surface area (Å²) in [6, 6.07) is 13.5. The third-order valence-corrected chi connectivity index (χ3v) is 3.91. The van der Waals surface area contributed by atoms with Crippen molar-refractivity contribution in [2.45, 2.75) is 0 Å². The first-order chi connectivity index (χ1) is 10.3. The number of thiophene rings is 1. The number of anilines is 1. The van der Waals surface area contributed by atoms with Crippen LogP contribution in [0.5, 0.6) is 0 Å². The number of benzene rings is 1. The van der Waals surface area contributed by atoms with Crippen molar-refractivity contribution in [3.8, 4) is 22.2 Å². The van der Waals surface area contributed by atoms with Gasteiger partial charge in [0, 0.05) is 5.56 Å². The number of oxazole rings is 1. The van der Waals surface area contributed by atoms with E-state index in [0.717, 1.165) is 10.4 Å². The molecule has 21 heavy (non-hydrogen) atoms. The van der Waals surface area contributed by atoms with Crippen molar-refractivity contribution in [2.75, 3.05) is 5.73 Å². The topological polar surface area (TPSA) is 77.8 Å². The van der Waals surface area contributed by atoms with Gasteiger partial charge in [0.25, 0.3) is 5.71 Å². The number of hydrogen-bond acceptors (Lipinski definition) is 6. The van der Waals surface area contributed by atoms with E-state index in [1.165, 1.54) is 0 Å². The molecule has 6 heteroatoms. The first-order valence-electron chi connectivity index (χ1n) is 6.34. The zero-order chi connectivity index (χ0) is 14.2. The quantitative estimate of drug-likeness (QED) is 0.611. The highest BCUT2D eigenvalue weighted by Gasteiger charge is 2.15. The van der Waals surface area contributed by atoms with Crippen molar-refractivity contribution >= 4 is 28.4 Å². The SMILES string of the molecule is Nc1nc(-c2ccccc2)nc2oc(-c3cccs3)nc12. The Bertz CT molecular complexity index is 900. The van der Waals surface area contributed by atoms with Gasteiger partial charge in [-0.05, 0) is 11.4 Å². The average Bonchev–Trinajstić information content (AvgIpc) is 3.17. The zero-order valence-electron chi connectivity index (χ0n) is 10.9. The summed E-state index contributed by atoms with van der Waals surface area (Å²) in [5.41, 5.74) is 7.79. The van der Waals surface area contributed by atoms with Crippen LogP contribution in [-0.4, -0.2) is 15.0 Å². The van der Waals surface area contributed by atoms with Crippen LogP contribution in [0.3, 0.4) is 0 Å². The highest BCUT2D eigenvalue weighted by Crippen LogP contribution is 2.29. The molecule has 0 atom stereocenters. The highest BCUT2D eigenvalue weighted by atomic mass is 32.1. The second-order valence-corrected chi connectivity index (χ2v) is 5.40. The second-order valence-electron chi connectivity index (χ2n) is 4.45. The van der Waals surface area contributed by atoms with Gasteiger partial charge in [-0.1, -0.05) is 36.4 Å². The predicted octanol–water partition coefficient (Wildman–Crippen LogP) is 3.60. The smallest absolute Gasteiger partial charge is 0.253 e. The predicted molar refractivity (Wildman–Crippen MR) is 82.8 cm³/mol. The van der Waals surface area contributed by atoms with Gasteiger partial charge in [-0.3, -0.25) is 0 Å². The van der Waals surface area contributed by atoms with Crippen molar-refractivity contribution in [1.29, 1.82) is 0 Å². The molecular formula is C15H10N4OS. The lowest BCUT2D eigenvalue weighted by molar-refractivity contribution is 0.609. The fraction of sp³-hybridized carbons (Fsp3) is 0. The van der Waals surface area contributed by atoms with Crippen LogP contribution in [0.25, 0.3) is 33.4 Å². The first kappa shape index (κ1) is 12.0. The van der Waals surface area contributed by atoms with Crippen LogP contribution >= 0.6 is 11.3 Å². The van der Waals surface area contributed by atoms with Gasteiger partial charge in [-0.2, -0.15) is 4.98 Å². The molecule has 0 amide bonds. The van der Waals surface area contributed by atoms with Gasteiger partial charge in [0.15, 0.2) is 17.2 Å². The van der Waals surface area contributed by atoms with E-state index in [1.54, 1.807) is 11.3 Å². The first-order valence-corrected chi connectivity index (χ1v) is 7.22. The molecule has 5 nitrogen and oxygen atoms in total. The van der Waals surface area contributed by atoms with Crippen LogP contribution in [0.2, 0.25) is 0 Å². The van der Waals surface area contributed by atoms with Gasteiger partial charge >= 0.3 is 0 Å². The number of rotatable bonds is 2. The van der Waals surface area contributed by atoms with E-state index in [9.17, 15) is 0 Å². The Hall–Kier alpha value is -2.73. The zero-order valence-corrected chi connectivity index (χ0v) is 11.7. The highest BCUT2D eigenvalue weighted by molar-refractivity contribution is 7.13. The molecule has 0 saturated carbocycles. The van der Waals surface area contributed by atoms with Gasteiger partial charge in [0.05, 0.1) is 4.88 Å². The maximum absolute atomic E-state index is 5.99. The lowest BCUT2D eigenvalue weighted by atomic mass is 10.2. The van der Waals surface area contributed by atoms with Crippen molar-refractivity contribution in [2.24, 2.45) is 0 Å². The van der Waals surface area contributed by atoms with E-state index in [0.29, 0.717) is 28.8 Å². The Kier molecular flexibility index (Phi) is 2.68. The van der Waals surface area contributed by atoms with E-state index in [4.69, 9.17) is 10.2 Å². The van der Waals surface area contributed by atoms with Crippen molar-refractivity contribution in [1.82, 2.24) is 15.0 Å². The van der Waals surface area contributed by atoms with E-state index in [-0.39, 0.29) is 0 Å². The maximum Gasteiger partial charge on any atom is 0.253 e. The normalized spacial score (nSPS) is 11.0. The molecular weight excluding hydrogens is 284 g/mol. The summed E-state index contributed by atoms with van der Waals surface area (Å²) in [5, 5.41) is 1.97. The monoisotopic (exact) mass is 294 g/mol. The summed E-state index contributed by atoms with van der Waals surface area (Å²) < 4.78 is 5.72. The van der Waals surface area contributed by atoms with Crippen molar-refractivity contribution in [3.63, 3.8) is 0 Å². The minimum absolute atomic E-state index is 0.324. The van der Waals surface area contributed by atoms with E-state index >= 15 is 0 Å². The molecule has 0 bridgehead atoms. The number of nitrogens with two attached hydrogens (primary N) is 1. The third-order valence-electron chi connectivity index (χ3n) is 3.05. The fourth-order valence-corrected chi connectivity index (χ4v) is 2.71. The van der Waals surface area contributed by atoms with Crippen LogP contribution in [0.15, 0.2) is 52.3 Å². The Morgan fingerprint density at radius 3 is 2.57 bits per heavy atom. The number of nitrogen functional groups attached to an aromatic ring is 1. The van der Waals surface area contributed by atoms with Crippen LogP contribution in [-0.2, 0) is 0 Å². The lowest BCUT2D eigenvalue weighted by Crippen LogP contribution is -1.96. The van der Waals surface area contributed by atoms with Crippen molar-refractivity contribution < 1.29 is 4.42 Å². The molecule has 102 valence electrons. The molecule has 2 N–H and O–H groups in total. The molecule has 0 spiro atoms. The third kappa shape index (κ3) is 2.05. The van der Waals surface area contributed by atoms with Gasteiger partial charge < -0.3 is 10.2 Å². The molecule has 0 aliphatic carbocycles. The molecule has 0 aliphatic heterocycles. The van der Waals surface area contributed by atoms with E-state index in [2.05, 4.69) is 15.0 Å². The summed E-state index contributed by atoms with van der Waals surface area (Å²) in [6.07, 6.45) is 0. The van der Waals surface area contributed by atoms with Gasteiger partial charge in [0.2, 0.25) is 5.89 Å². The second kappa shape index (κ2) is 4.68. The van der Waals surface area contributed by atoms with Crippen LogP contribution in [0.1, 0.15) is 0 Å². The van der Waals surface area contributed by atoms with E-state index in [1.807, 2.05) is 47.8 Å². The maximum atomic E-state index is 5.99. The summed E-state index contributed by atoms with van der Waals surface area (Å²) in [5.74, 6) is 1.38. The van der Waals surface area contributed by atoms with Gasteiger partial charge in [-0.15, -0.1) is 11.3 Å². The summed E-state index contributed by atoms with van der Waals surface area (Å²) in [6.45, 7) is 0. The lowest BCUT2D eigenvalue weighted by Gasteiger charge is -2.00. The molecule has 3 heterocycles. The number of nitrogens with zero attached hydrogens (tertiary/aromatic N) is 3. The Balaban J connectivity index is 1.90. The van der Waals surface area contributed by atoms with Crippen LogP contribution in [0.4, 0.5) is 5.82 Å². The molecule has 4 aromatic rings. The standard InChI is InChI=1S/C15H10N4OS/c16-12-11-15(20-14(17-11)10-7-4-8-21-10)19-13(18-12)9-5-2-1-3-6-9/h1-8H,(H2,16,18,19). The molecule has 0 radical (unpaired) electrons. The summed E-state index contributed by atoms with van der Waals surface area (Å²) >= 11 is 1.55. The number of aromatic nitrogens is 3. The molecule has 4 rings (SSSR count). The largest absolute Gasteiger partial charge is 0.417 e. The number of hydrogen-bond donors (Lipinski definition) is 1. The molecule has 0 aliphatic rings. The molecule has 0 saturated heterocycles. The van der Waals surface area contributed by atoms with Crippen LogP contribution < -0.4 is 5.73 Å². The summed E-state index contributed by atoms with van der Waals surface area (Å²) in [4.78, 5) is 14.1. The molecule has 3 aromatic heterocycles. The Morgan fingerprint density at radius 1 is 0.952 bits per heavy atom. The van der Waals surface area contributed by atoms with Gasteiger partial charge in [0.1, 0.15) is 0 Å².